The van der Waals surface area contributed by atoms with E-state index in [1.54, 1.807) is 0 Å². The number of carbonyl (C=O) groups is 1. The average Bonchev–Trinajstić information content (AvgIpc) is 2.62. The van der Waals surface area contributed by atoms with Crippen molar-refractivity contribution in [3.63, 3.8) is 0 Å². The normalized spacial score (nSPS) is 18.3. The van der Waals surface area contributed by atoms with Crippen molar-refractivity contribution in [1.29, 1.82) is 0 Å². The molecule has 3 N–H and O–H groups in total. The fourth-order valence-electron chi connectivity index (χ4n) is 3.48. The molecule has 6 heteroatoms. The molecule has 1 amide bonds. The SMILES string of the molecule is NC1=NC2(CCN(C(=O)c3ccc(I)cc3)CC2)Nc2ccccc21. The number of likely N-dealkylation sites (tertiary alicyclic amines) is 1. The predicted molar refractivity (Wildman–Crippen MR) is 108 cm³/mol. The summed E-state index contributed by atoms with van der Waals surface area (Å²) in [5.74, 6) is 0.658. The molecule has 4 rings (SSSR count). The number of halogens is 1. The standard InChI is InChI=1S/C19H19IN4O/c20-14-7-5-13(6-8-14)18(25)24-11-9-19(10-12-24)22-16-4-2-1-3-15(16)17(21)23-19/h1-8,22H,9-12H2,(H2,21,23). The second-order valence-electron chi connectivity index (χ2n) is 6.50. The van der Waals surface area contributed by atoms with Crippen molar-refractivity contribution in [2.75, 3.05) is 18.4 Å². The van der Waals surface area contributed by atoms with Crippen LogP contribution in [0.4, 0.5) is 5.69 Å². The second-order valence-corrected chi connectivity index (χ2v) is 7.74. The molecule has 0 radical (unpaired) electrons. The number of aliphatic imine (C=N–C) groups is 1. The number of nitrogens with zero attached hydrogens (tertiary/aromatic N) is 2. The van der Waals surface area contributed by atoms with Gasteiger partial charge in [-0.3, -0.25) is 4.79 Å². The number of amides is 1. The van der Waals surface area contributed by atoms with Crippen LogP contribution in [0.3, 0.4) is 0 Å². The van der Waals surface area contributed by atoms with Gasteiger partial charge < -0.3 is 16.0 Å². The first-order chi connectivity index (χ1) is 12.1. The van der Waals surface area contributed by atoms with Gasteiger partial charge in [-0.05, 0) is 59.0 Å². The van der Waals surface area contributed by atoms with Crippen molar-refractivity contribution < 1.29 is 4.79 Å². The molecule has 1 spiro atoms. The highest BCUT2D eigenvalue weighted by Gasteiger charge is 2.38. The minimum absolute atomic E-state index is 0.0828. The lowest BCUT2D eigenvalue weighted by Gasteiger charge is -2.42. The van der Waals surface area contributed by atoms with Gasteiger partial charge in [0, 0.05) is 46.3 Å². The molecule has 2 aromatic rings. The maximum Gasteiger partial charge on any atom is 0.253 e. The molecule has 25 heavy (non-hydrogen) atoms. The Morgan fingerprint density at radius 3 is 2.52 bits per heavy atom. The number of carbonyl (C=O) groups excluding carboxylic acids is 1. The minimum Gasteiger partial charge on any atom is -0.383 e. The Balaban J connectivity index is 1.49. The Labute approximate surface area is 160 Å². The molecule has 128 valence electrons. The molecule has 2 heterocycles. The summed E-state index contributed by atoms with van der Waals surface area (Å²) in [6.07, 6.45) is 1.50. The Hall–Kier alpha value is -2.09. The number of nitrogens with one attached hydrogen (secondary N) is 1. The van der Waals surface area contributed by atoms with Gasteiger partial charge in [-0.2, -0.15) is 0 Å². The Kier molecular flexibility index (Phi) is 4.15. The zero-order valence-electron chi connectivity index (χ0n) is 13.7. The molecule has 1 fully saturated rings. The monoisotopic (exact) mass is 446 g/mol. The number of anilines is 1. The van der Waals surface area contributed by atoms with Crippen molar-refractivity contribution in [3.05, 3.63) is 63.2 Å². The molecule has 2 aliphatic heterocycles. The minimum atomic E-state index is -0.402. The first-order valence-electron chi connectivity index (χ1n) is 8.34. The zero-order valence-corrected chi connectivity index (χ0v) is 15.9. The lowest BCUT2D eigenvalue weighted by atomic mass is 9.93. The molecule has 0 atom stereocenters. The van der Waals surface area contributed by atoms with Crippen molar-refractivity contribution in [2.45, 2.75) is 18.5 Å². The molecule has 2 aromatic carbocycles. The summed E-state index contributed by atoms with van der Waals surface area (Å²) in [5, 5.41) is 3.54. The summed E-state index contributed by atoms with van der Waals surface area (Å²) < 4.78 is 1.13. The highest BCUT2D eigenvalue weighted by molar-refractivity contribution is 14.1. The van der Waals surface area contributed by atoms with Gasteiger partial charge in [-0.1, -0.05) is 12.1 Å². The number of piperidine rings is 1. The molecule has 2 aliphatic rings. The Morgan fingerprint density at radius 2 is 1.80 bits per heavy atom. The fourth-order valence-corrected chi connectivity index (χ4v) is 3.84. The maximum atomic E-state index is 12.7. The number of para-hydroxylation sites is 1. The molecular weight excluding hydrogens is 427 g/mol. The number of benzene rings is 2. The van der Waals surface area contributed by atoms with Crippen LogP contribution < -0.4 is 11.1 Å². The highest BCUT2D eigenvalue weighted by atomic mass is 127. The fraction of sp³-hybridized carbons (Fsp3) is 0.263. The third-order valence-corrected chi connectivity index (χ3v) is 5.59. The first-order valence-corrected chi connectivity index (χ1v) is 9.42. The van der Waals surface area contributed by atoms with Crippen molar-refractivity contribution in [3.8, 4) is 0 Å². The van der Waals surface area contributed by atoms with Crippen LogP contribution in [0.5, 0.6) is 0 Å². The van der Waals surface area contributed by atoms with Gasteiger partial charge in [0.2, 0.25) is 0 Å². The van der Waals surface area contributed by atoms with Crippen LogP contribution >= 0.6 is 22.6 Å². The van der Waals surface area contributed by atoms with E-state index in [9.17, 15) is 4.79 Å². The van der Waals surface area contributed by atoms with Gasteiger partial charge in [0.1, 0.15) is 11.5 Å². The largest absolute Gasteiger partial charge is 0.383 e. The van der Waals surface area contributed by atoms with Crippen molar-refractivity contribution in [2.24, 2.45) is 10.7 Å². The third-order valence-electron chi connectivity index (χ3n) is 4.87. The number of hydrogen-bond donors (Lipinski definition) is 2. The van der Waals surface area contributed by atoms with Gasteiger partial charge >= 0.3 is 0 Å². The third kappa shape index (κ3) is 3.10. The summed E-state index contributed by atoms with van der Waals surface area (Å²) in [7, 11) is 0. The van der Waals surface area contributed by atoms with Crippen LogP contribution in [-0.4, -0.2) is 35.4 Å². The van der Waals surface area contributed by atoms with Gasteiger partial charge in [0.05, 0.1) is 0 Å². The van der Waals surface area contributed by atoms with Gasteiger partial charge in [0.25, 0.3) is 5.91 Å². The Bertz CT molecular complexity index is 839. The zero-order chi connectivity index (χ0) is 17.4. The summed E-state index contributed by atoms with van der Waals surface area (Å²) in [5.41, 5.74) is 8.49. The van der Waals surface area contributed by atoms with Gasteiger partial charge in [-0.15, -0.1) is 0 Å². The van der Waals surface area contributed by atoms with Crippen LogP contribution in [0, 0.1) is 3.57 Å². The smallest absolute Gasteiger partial charge is 0.253 e. The van der Waals surface area contributed by atoms with E-state index in [0.29, 0.717) is 18.9 Å². The first kappa shape index (κ1) is 16.4. The Morgan fingerprint density at radius 1 is 1.12 bits per heavy atom. The molecule has 1 saturated heterocycles. The van der Waals surface area contributed by atoms with Crippen LogP contribution in [0.1, 0.15) is 28.8 Å². The van der Waals surface area contributed by atoms with Crippen LogP contribution in [0.25, 0.3) is 0 Å². The molecular formula is C19H19IN4O. The van der Waals surface area contributed by atoms with E-state index < -0.39 is 5.66 Å². The van der Waals surface area contributed by atoms with E-state index in [0.717, 1.165) is 33.2 Å². The lowest BCUT2D eigenvalue weighted by molar-refractivity contribution is 0.0685. The summed E-state index contributed by atoms with van der Waals surface area (Å²) in [6.45, 7) is 1.33. The topological polar surface area (TPSA) is 70.7 Å². The van der Waals surface area contributed by atoms with E-state index in [-0.39, 0.29) is 5.91 Å². The number of nitrogens with two attached hydrogens (primary N) is 1. The quantitative estimate of drug-likeness (QED) is 0.662. The predicted octanol–water partition coefficient (Wildman–Crippen LogP) is 3.05. The van der Waals surface area contributed by atoms with Crippen molar-refractivity contribution >= 4 is 40.0 Å². The summed E-state index contributed by atoms with van der Waals surface area (Å²) in [6, 6.07) is 15.7. The molecule has 0 bridgehead atoms. The number of amidine groups is 1. The number of rotatable bonds is 1. The van der Waals surface area contributed by atoms with E-state index in [2.05, 4.69) is 27.9 Å². The van der Waals surface area contributed by atoms with Gasteiger partial charge in [-0.25, -0.2) is 4.99 Å². The molecule has 5 nitrogen and oxygen atoms in total. The van der Waals surface area contributed by atoms with E-state index >= 15 is 0 Å². The van der Waals surface area contributed by atoms with E-state index in [4.69, 9.17) is 10.7 Å². The number of fused-ring (bicyclic) bond motifs is 1. The highest BCUT2D eigenvalue weighted by Crippen LogP contribution is 2.34. The average molecular weight is 446 g/mol. The van der Waals surface area contributed by atoms with Crippen LogP contribution in [-0.2, 0) is 0 Å². The lowest BCUT2D eigenvalue weighted by Crippen LogP contribution is -2.52. The molecule has 0 saturated carbocycles. The summed E-state index contributed by atoms with van der Waals surface area (Å²) >= 11 is 2.24. The van der Waals surface area contributed by atoms with Crippen molar-refractivity contribution in [1.82, 2.24) is 4.90 Å². The molecule has 0 aliphatic carbocycles. The van der Waals surface area contributed by atoms with E-state index in [1.165, 1.54) is 0 Å². The molecule has 0 unspecified atom stereocenters. The number of hydrogen-bond acceptors (Lipinski definition) is 4. The maximum absolute atomic E-state index is 12.7. The summed E-state index contributed by atoms with van der Waals surface area (Å²) in [4.78, 5) is 19.3. The van der Waals surface area contributed by atoms with Crippen LogP contribution in [0.2, 0.25) is 0 Å². The van der Waals surface area contributed by atoms with Gasteiger partial charge in [0.15, 0.2) is 0 Å². The second kappa shape index (κ2) is 6.33. The molecule has 0 aromatic heterocycles. The van der Waals surface area contributed by atoms with E-state index in [1.807, 2.05) is 53.4 Å². The van der Waals surface area contributed by atoms with Crippen LogP contribution in [0.15, 0.2) is 53.5 Å².